The van der Waals surface area contributed by atoms with Crippen molar-refractivity contribution in [2.75, 3.05) is 0 Å². The van der Waals surface area contributed by atoms with Crippen LogP contribution < -0.4 is 0 Å². The molecule has 1 aliphatic heterocycles. The predicted molar refractivity (Wildman–Crippen MR) is 115 cm³/mol. The molecule has 0 spiro atoms. The fourth-order valence-electron chi connectivity index (χ4n) is 6.76. The molecular weight excluding hydrogens is 394 g/mol. The topological polar surface area (TPSA) is 72.8 Å². The fraction of sp³-hybridized carbons (Fsp3) is 0.538. The van der Waals surface area contributed by atoms with Crippen molar-refractivity contribution in [1.82, 2.24) is 0 Å². The van der Waals surface area contributed by atoms with Gasteiger partial charge in [0.05, 0.1) is 16.9 Å². The summed E-state index contributed by atoms with van der Waals surface area (Å²) in [7, 11) is 0. The second-order valence-electron chi connectivity index (χ2n) is 9.88. The Balaban J connectivity index is 1.36. The molecule has 5 atom stereocenters. The third-order valence-electron chi connectivity index (χ3n) is 8.39. The highest BCUT2D eigenvalue weighted by Crippen LogP contribution is 2.61. The summed E-state index contributed by atoms with van der Waals surface area (Å²) < 4.78 is 11.7. The quantitative estimate of drug-likeness (QED) is 0.294. The average molecular weight is 425 g/mol. The molecule has 31 heavy (non-hydrogen) atoms. The molecule has 1 N–H and O–H groups in total. The summed E-state index contributed by atoms with van der Waals surface area (Å²) in [4.78, 5) is 24.9. The lowest BCUT2D eigenvalue weighted by Crippen LogP contribution is -2.46. The molecule has 4 aliphatic rings. The van der Waals surface area contributed by atoms with E-state index in [-0.39, 0.29) is 23.2 Å². The highest BCUT2D eigenvalue weighted by atomic mass is 16.5. The molecule has 1 heterocycles. The van der Waals surface area contributed by atoms with Gasteiger partial charge in [0.15, 0.2) is 0 Å². The number of allylic oxidation sites excluding steroid dienone is 3. The summed E-state index contributed by atoms with van der Waals surface area (Å²) in [6.45, 7) is 3.86. The second-order valence-corrected chi connectivity index (χ2v) is 9.88. The molecule has 0 amide bonds. The molecule has 164 valence electrons. The Morgan fingerprint density at radius 1 is 1.16 bits per heavy atom. The summed E-state index contributed by atoms with van der Waals surface area (Å²) in [6, 6.07) is 9.24. The van der Waals surface area contributed by atoms with Crippen LogP contribution >= 0.6 is 0 Å². The van der Waals surface area contributed by atoms with Gasteiger partial charge in [-0.15, -0.1) is 0 Å². The monoisotopic (exact) mass is 424 g/mol. The van der Waals surface area contributed by atoms with Crippen LogP contribution in [0.2, 0.25) is 0 Å². The molecule has 2 fully saturated rings. The molecule has 5 rings (SSSR count). The zero-order valence-corrected chi connectivity index (χ0v) is 18.2. The van der Waals surface area contributed by atoms with Crippen LogP contribution in [-0.2, 0) is 14.3 Å². The van der Waals surface area contributed by atoms with Gasteiger partial charge in [0.1, 0.15) is 11.9 Å². The van der Waals surface area contributed by atoms with Crippen LogP contribution in [0.5, 0.6) is 0 Å². The highest BCUT2D eigenvalue weighted by Gasteiger charge is 2.57. The molecule has 5 heteroatoms. The highest BCUT2D eigenvalue weighted by molar-refractivity contribution is 5.91. The van der Waals surface area contributed by atoms with E-state index in [4.69, 9.17) is 9.47 Å². The van der Waals surface area contributed by atoms with Crippen molar-refractivity contribution < 1.29 is 24.2 Å². The van der Waals surface area contributed by atoms with Gasteiger partial charge >= 0.3 is 11.9 Å². The van der Waals surface area contributed by atoms with Crippen molar-refractivity contribution in [2.24, 2.45) is 23.2 Å². The van der Waals surface area contributed by atoms with Crippen molar-refractivity contribution >= 4 is 11.9 Å². The number of aliphatic hydroxyl groups excluding tert-OH is 1. The zero-order valence-electron chi connectivity index (χ0n) is 18.2. The van der Waals surface area contributed by atoms with Gasteiger partial charge in [-0.1, -0.05) is 25.1 Å². The zero-order chi connectivity index (χ0) is 21.8. The maximum absolute atomic E-state index is 12.7. The maximum atomic E-state index is 12.7. The minimum absolute atomic E-state index is 0.0133. The number of benzene rings is 1. The molecule has 2 saturated carbocycles. The molecule has 0 bridgehead atoms. The van der Waals surface area contributed by atoms with Crippen LogP contribution in [0.4, 0.5) is 0 Å². The third kappa shape index (κ3) is 3.29. The van der Waals surface area contributed by atoms with Crippen LogP contribution in [0.1, 0.15) is 69.2 Å². The van der Waals surface area contributed by atoms with Gasteiger partial charge in [-0.3, -0.25) is 0 Å². The Labute approximate surface area is 183 Å². The van der Waals surface area contributed by atoms with Crippen molar-refractivity contribution in [2.45, 2.75) is 64.9 Å². The van der Waals surface area contributed by atoms with Crippen molar-refractivity contribution in [3.05, 3.63) is 58.6 Å². The van der Waals surface area contributed by atoms with E-state index in [1.165, 1.54) is 5.57 Å². The Kier molecular flexibility index (Phi) is 4.95. The van der Waals surface area contributed by atoms with Crippen LogP contribution in [0.15, 0.2) is 53.0 Å². The largest absolute Gasteiger partial charge is 0.512 e. The summed E-state index contributed by atoms with van der Waals surface area (Å²) in [5.74, 6) is 1.66. The minimum atomic E-state index is -0.397. The second kappa shape index (κ2) is 7.54. The number of fused-ring (bicyclic) bond motifs is 4. The van der Waals surface area contributed by atoms with E-state index in [2.05, 4.69) is 6.92 Å². The van der Waals surface area contributed by atoms with Crippen LogP contribution in [-0.4, -0.2) is 23.1 Å². The van der Waals surface area contributed by atoms with Gasteiger partial charge < -0.3 is 14.6 Å². The molecule has 3 aliphatic carbocycles. The van der Waals surface area contributed by atoms with Crippen molar-refractivity contribution in [3.8, 4) is 0 Å². The number of hydrogen-bond acceptors (Lipinski definition) is 5. The lowest BCUT2D eigenvalue weighted by molar-refractivity contribution is -0.137. The smallest absolute Gasteiger partial charge is 0.342 e. The molecule has 1 aromatic carbocycles. The Hall–Kier alpha value is -2.56. The lowest BCUT2D eigenvalue weighted by atomic mass is 9.55. The van der Waals surface area contributed by atoms with Crippen LogP contribution in [0.25, 0.3) is 0 Å². The molecule has 5 nitrogen and oxygen atoms in total. The van der Waals surface area contributed by atoms with E-state index < -0.39 is 5.97 Å². The number of carbonyl (C=O) groups is 2. The summed E-state index contributed by atoms with van der Waals surface area (Å²) in [5.41, 5.74) is 2.21. The maximum Gasteiger partial charge on any atom is 0.342 e. The molecule has 0 aromatic heterocycles. The lowest BCUT2D eigenvalue weighted by Gasteiger charge is -2.51. The Morgan fingerprint density at radius 3 is 2.68 bits per heavy atom. The number of ether oxygens (including phenoxy) is 2. The minimum Gasteiger partial charge on any atom is -0.512 e. The van der Waals surface area contributed by atoms with Gasteiger partial charge in [-0.05, 0) is 74.5 Å². The summed E-state index contributed by atoms with van der Waals surface area (Å²) in [6.07, 6.45) is 6.21. The average Bonchev–Trinajstić information content (AvgIpc) is 3.09. The SMILES string of the molecule is C[C@]12CC[C@@H]3C4=C(CC[C@H]3[C@@H]1CC[C@@H]2OC(=O)c1ccccc1)OC(=O)/C(=[13C](\[13CH3])O)C4. The van der Waals surface area contributed by atoms with Gasteiger partial charge in [0, 0.05) is 18.3 Å². The summed E-state index contributed by atoms with van der Waals surface area (Å²) in [5, 5.41) is 9.95. The molecule has 0 radical (unpaired) electrons. The first-order valence-electron chi connectivity index (χ1n) is 11.5. The van der Waals surface area contributed by atoms with Crippen LogP contribution in [0, 0.1) is 23.2 Å². The molecule has 0 unspecified atom stereocenters. The predicted octanol–water partition coefficient (Wildman–Crippen LogP) is 5.48. The number of aliphatic hydroxyl groups is 1. The van der Waals surface area contributed by atoms with Gasteiger partial charge in [-0.25, -0.2) is 9.59 Å². The first kappa shape index (κ1) is 20.3. The summed E-state index contributed by atoms with van der Waals surface area (Å²) >= 11 is 0. The Morgan fingerprint density at radius 2 is 1.94 bits per heavy atom. The molecule has 0 saturated heterocycles. The molecule has 1 aromatic rings. The fourth-order valence-corrected chi connectivity index (χ4v) is 6.76. The van der Waals surface area contributed by atoms with Crippen molar-refractivity contribution in [1.29, 1.82) is 0 Å². The Bertz CT molecular complexity index is 971. The first-order valence-corrected chi connectivity index (χ1v) is 11.5. The number of carbonyl (C=O) groups excluding carboxylic acids is 2. The number of hydrogen-bond donors (Lipinski definition) is 1. The molecular formula is C26H30O5. The van der Waals surface area contributed by atoms with E-state index in [1.54, 1.807) is 6.92 Å². The van der Waals surface area contributed by atoms with Crippen molar-refractivity contribution in [3.63, 3.8) is 0 Å². The van der Waals surface area contributed by atoms with Gasteiger partial charge in [0.2, 0.25) is 0 Å². The van der Waals surface area contributed by atoms with Gasteiger partial charge in [0.25, 0.3) is 0 Å². The van der Waals surface area contributed by atoms with E-state index in [1.807, 2.05) is 30.3 Å². The first-order chi connectivity index (χ1) is 14.9. The third-order valence-corrected chi connectivity index (χ3v) is 8.39. The number of esters is 2. The van der Waals surface area contributed by atoms with E-state index >= 15 is 0 Å². The standard InChI is InChI=1S/C26H30O5/c1-15(27)19-14-20-17-12-13-26(2)21(18(17)8-10-22(20)30-25(19)29)9-11-23(26)31-24(28)16-6-4-3-5-7-16/h3-7,17-18,21,23,27H,8-14H2,1-2H3/b19-15+/t17-,18+,21-,23-,26-/m0/s1/i1+1,15+1. The van der Waals surface area contributed by atoms with E-state index in [0.717, 1.165) is 44.3 Å². The normalized spacial score (nSPS) is 36.1. The van der Waals surface area contributed by atoms with Crippen LogP contribution in [0.3, 0.4) is 0 Å². The van der Waals surface area contributed by atoms with E-state index in [0.29, 0.717) is 35.3 Å². The van der Waals surface area contributed by atoms with E-state index in [9.17, 15) is 14.7 Å². The number of rotatable bonds is 2. The van der Waals surface area contributed by atoms with Gasteiger partial charge in [-0.2, -0.15) is 0 Å².